The van der Waals surface area contributed by atoms with E-state index < -0.39 is 0 Å². The van der Waals surface area contributed by atoms with Gasteiger partial charge in [-0.3, -0.25) is 4.79 Å². The van der Waals surface area contributed by atoms with Gasteiger partial charge in [-0.1, -0.05) is 13.0 Å². The van der Waals surface area contributed by atoms with Crippen LogP contribution in [0.2, 0.25) is 0 Å². The normalized spacial score (nSPS) is 16.9. The van der Waals surface area contributed by atoms with Gasteiger partial charge >= 0.3 is 0 Å². The maximum Gasteiger partial charge on any atom is 0.253 e. The summed E-state index contributed by atoms with van der Waals surface area (Å²) in [5, 5.41) is 3.56. The molecule has 0 unspecified atom stereocenters. The van der Waals surface area contributed by atoms with Gasteiger partial charge in [-0.2, -0.15) is 0 Å². The molecule has 110 valence electrons. The van der Waals surface area contributed by atoms with Crippen LogP contribution in [0, 0.1) is 0 Å². The summed E-state index contributed by atoms with van der Waals surface area (Å²) in [6.45, 7) is 5.67. The van der Waals surface area contributed by atoms with E-state index in [4.69, 9.17) is 0 Å². The van der Waals surface area contributed by atoms with Gasteiger partial charge in [0, 0.05) is 44.5 Å². The molecule has 0 saturated carbocycles. The Kier molecular flexibility index (Phi) is 5.01. The monoisotopic (exact) mass is 275 g/mol. The molecular weight excluding hydrogens is 250 g/mol. The van der Waals surface area contributed by atoms with Crippen LogP contribution in [0.1, 0.15) is 30.1 Å². The predicted octanol–water partition coefficient (Wildman–Crippen LogP) is 2.28. The molecule has 1 aliphatic rings. The first kappa shape index (κ1) is 14.9. The molecule has 0 radical (unpaired) electrons. The van der Waals surface area contributed by atoms with E-state index in [1.165, 1.54) is 12.8 Å². The molecule has 1 aliphatic heterocycles. The number of nitrogens with zero attached hydrogens (tertiary/aromatic N) is 2. The third-order valence-corrected chi connectivity index (χ3v) is 3.92. The third kappa shape index (κ3) is 3.73. The average Bonchev–Trinajstić information content (AvgIpc) is 2.47. The van der Waals surface area contributed by atoms with Crippen molar-refractivity contribution in [1.29, 1.82) is 0 Å². The molecule has 1 amide bonds. The number of benzene rings is 1. The Hall–Kier alpha value is -1.55. The summed E-state index contributed by atoms with van der Waals surface area (Å²) < 4.78 is 0. The minimum atomic E-state index is 0.0504. The Morgan fingerprint density at radius 3 is 2.65 bits per heavy atom. The molecule has 2 rings (SSSR count). The number of amides is 1. The molecule has 1 aromatic carbocycles. The molecule has 1 heterocycles. The number of carbonyl (C=O) groups excluding carboxylic acids is 1. The van der Waals surface area contributed by atoms with E-state index >= 15 is 0 Å². The minimum absolute atomic E-state index is 0.0504. The third-order valence-electron chi connectivity index (χ3n) is 3.92. The first-order valence-corrected chi connectivity index (χ1v) is 7.40. The lowest BCUT2D eigenvalue weighted by atomic mass is 10.0. The highest BCUT2D eigenvalue weighted by atomic mass is 16.2. The van der Waals surface area contributed by atoms with Crippen LogP contribution in [0.15, 0.2) is 24.3 Å². The average molecular weight is 275 g/mol. The lowest BCUT2D eigenvalue weighted by Crippen LogP contribution is -2.38. The van der Waals surface area contributed by atoms with Crippen molar-refractivity contribution in [3.05, 3.63) is 29.8 Å². The summed E-state index contributed by atoms with van der Waals surface area (Å²) in [6.07, 6.45) is 2.33. The van der Waals surface area contributed by atoms with E-state index in [1.807, 2.05) is 24.3 Å². The van der Waals surface area contributed by atoms with Gasteiger partial charge in [-0.05, 0) is 37.6 Å². The molecular formula is C16H25N3O. The Bertz CT molecular complexity index is 451. The number of hydrogen-bond acceptors (Lipinski definition) is 3. The van der Waals surface area contributed by atoms with Gasteiger partial charge in [0.2, 0.25) is 0 Å². The standard InChI is InChI=1S/C16H25N3O/c1-4-19-10-8-14(9-11-19)17-15-7-5-6-13(12-15)16(20)18(2)3/h5-7,12,14,17H,4,8-11H2,1-3H3. The quantitative estimate of drug-likeness (QED) is 0.915. The second kappa shape index (κ2) is 6.75. The van der Waals surface area contributed by atoms with Crippen molar-refractivity contribution < 1.29 is 4.79 Å². The fourth-order valence-corrected chi connectivity index (χ4v) is 2.63. The molecule has 1 aromatic rings. The van der Waals surface area contributed by atoms with E-state index in [1.54, 1.807) is 19.0 Å². The Labute approximate surface area is 121 Å². The number of piperidine rings is 1. The van der Waals surface area contributed by atoms with Crippen molar-refractivity contribution in [2.45, 2.75) is 25.8 Å². The first-order chi connectivity index (χ1) is 9.60. The molecule has 0 aromatic heterocycles. The number of rotatable bonds is 4. The summed E-state index contributed by atoms with van der Waals surface area (Å²) in [7, 11) is 3.56. The number of hydrogen-bond donors (Lipinski definition) is 1. The lowest BCUT2D eigenvalue weighted by molar-refractivity contribution is 0.0827. The van der Waals surface area contributed by atoms with Crippen molar-refractivity contribution in [2.24, 2.45) is 0 Å². The number of nitrogens with one attached hydrogen (secondary N) is 1. The Morgan fingerprint density at radius 2 is 2.05 bits per heavy atom. The zero-order chi connectivity index (χ0) is 14.5. The Balaban J connectivity index is 1.97. The molecule has 0 atom stereocenters. The highest BCUT2D eigenvalue weighted by Crippen LogP contribution is 2.18. The van der Waals surface area contributed by atoms with Gasteiger partial charge < -0.3 is 15.1 Å². The molecule has 1 fully saturated rings. The number of carbonyl (C=O) groups is 1. The lowest BCUT2D eigenvalue weighted by Gasteiger charge is -2.32. The van der Waals surface area contributed by atoms with Crippen LogP contribution in [0.25, 0.3) is 0 Å². The van der Waals surface area contributed by atoms with Crippen molar-refractivity contribution in [3.63, 3.8) is 0 Å². The van der Waals surface area contributed by atoms with Crippen LogP contribution in [0.4, 0.5) is 5.69 Å². The van der Waals surface area contributed by atoms with Crippen LogP contribution in [0.3, 0.4) is 0 Å². The highest BCUT2D eigenvalue weighted by molar-refractivity contribution is 5.94. The molecule has 4 nitrogen and oxygen atoms in total. The van der Waals surface area contributed by atoms with Crippen molar-refractivity contribution in [1.82, 2.24) is 9.80 Å². The van der Waals surface area contributed by atoms with Crippen LogP contribution in [0.5, 0.6) is 0 Å². The van der Waals surface area contributed by atoms with Gasteiger partial charge in [-0.15, -0.1) is 0 Å². The topological polar surface area (TPSA) is 35.6 Å². The summed E-state index contributed by atoms with van der Waals surface area (Å²) in [5.41, 5.74) is 1.79. The largest absolute Gasteiger partial charge is 0.382 e. The number of anilines is 1. The summed E-state index contributed by atoms with van der Waals surface area (Å²) in [6, 6.07) is 8.32. The van der Waals surface area contributed by atoms with Gasteiger partial charge in [0.1, 0.15) is 0 Å². The maximum absolute atomic E-state index is 12.0. The van der Waals surface area contributed by atoms with Gasteiger partial charge in [0.05, 0.1) is 0 Å². The van der Waals surface area contributed by atoms with Crippen LogP contribution in [-0.2, 0) is 0 Å². The van der Waals surface area contributed by atoms with E-state index in [2.05, 4.69) is 17.1 Å². The summed E-state index contributed by atoms with van der Waals surface area (Å²) in [5.74, 6) is 0.0504. The van der Waals surface area contributed by atoms with E-state index in [0.29, 0.717) is 6.04 Å². The molecule has 0 bridgehead atoms. The molecule has 20 heavy (non-hydrogen) atoms. The van der Waals surface area contributed by atoms with Gasteiger partial charge in [-0.25, -0.2) is 0 Å². The minimum Gasteiger partial charge on any atom is -0.382 e. The second-order valence-electron chi connectivity index (χ2n) is 5.63. The van der Waals surface area contributed by atoms with Crippen molar-refractivity contribution in [3.8, 4) is 0 Å². The second-order valence-corrected chi connectivity index (χ2v) is 5.63. The van der Waals surface area contributed by atoms with Gasteiger partial charge in [0.25, 0.3) is 5.91 Å². The smallest absolute Gasteiger partial charge is 0.253 e. The molecule has 0 spiro atoms. The van der Waals surface area contributed by atoms with E-state index in [-0.39, 0.29) is 5.91 Å². The first-order valence-electron chi connectivity index (χ1n) is 7.40. The Morgan fingerprint density at radius 1 is 1.35 bits per heavy atom. The molecule has 1 N–H and O–H groups in total. The predicted molar refractivity (Wildman–Crippen MR) is 83.2 cm³/mol. The van der Waals surface area contributed by atoms with Crippen LogP contribution >= 0.6 is 0 Å². The van der Waals surface area contributed by atoms with Crippen molar-refractivity contribution >= 4 is 11.6 Å². The molecule has 1 saturated heterocycles. The number of likely N-dealkylation sites (tertiary alicyclic amines) is 1. The molecule has 4 heteroatoms. The fourth-order valence-electron chi connectivity index (χ4n) is 2.63. The SMILES string of the molecule is CCN1CCC(Nc2cccc(C(=O)N(C)C)c2)CC1. The zero-order valence-electron chi connectivity index (χ0n) is 12.7. The zero-order valence-corrected chi connectivity index (χ0v) is 12.7. The molecule has 0 aliphatic carbocycles. The van der Waals surface area contributed by atoms with Crippen molar-refractivity contribution in [2.75, 3.05) is 39.0 Å². The van der Waals surface area contributed by atoms with Crippen LogP contribution < -0.4 is 5.32 Å². The highest BCUT2D eigenvalue weighted by Gasteiger charge is 2.18. The fraction of sp³-hybridized carbons (Fsp3) is 0.562. The van der Waals surface area contributed by atoms with Crippen LogP contribution in [-0.4, -0.2) is 55.5 Å². The summed E-state index contributed by atoms with van der Waals surface area (Å²) >= 11 is 0. The van der Waals surface area contributed by atoms with E-state index in [9.17, 15) is 4.79 Å². The summed E-state index contributed by atoms with van der Waals surface area (Å²) in [4.78, 5) is 16.0. The van der Waals surface area contributed by atoms with Gasteiger partial charge in [0.15, 0.2) is 0 Å². The maximum atomic E-state index is 12.0. The van der Waals surface area contributed by atoms with E-state index in [0.717, 1.165) is 30.9 Å².